The topological polar surface area (TPSA) is 96.0 Å². The molecule has 184 valence electrons. The number of piperidine rings is 1. The Bertz CT molecular complexity index is 914. The van der Waals surface area contributed by atoms with E-state index in [2.05, 4.69) is 19.2 Å². The monoisotopic (exact) mass is 479 g/mol. The quantitative estimate of drug-likeness (QED) is 0.648. The molecular weight excluding hydrogens is 442 g/mol. The van der Waals surface area contributed by atoms with Crippen LogP contribution in [-0.4, -0.2) is 74.4 Å². The molecule has 3 rings (SSSR count). The number of hydrogen-bond acceptors (Lipinski definition) is 5. The van der Waals surface area contributed by atoms with Crippen LogP contribution in [0.3, 0.4) is 0 Å². The Morgan fingerprint density at radius 2 is 1.64 bits per heavy atom. The number of carbonyl (C=O) groups excluding carboxylic acids is 2. The number of ether oxygens (including phenoxy) is 1. The van der Waals surface area contributed by atoms with Crippen LogP contribution in [0.2, 0.25) is 0 Å². The van der Waals surface area contributed by atoms with Crippen LogP contribution in [0.1, 0.15) is 57.3 Å². The van der Waals surface area contributed by atoms with Crippen molar-refractivity contribution in [1.29, 1.82) is 0 Å². The minimum Gasteiger partial charge on any atom is -0.373 e. The highest BCUT2D eigenvalue weighted by atomic mass is 32.2. The second kappa shape index (κ2) is 11.0. The lowest BCUT2D eigenvalue weighted by Gasteiger charge is -2.34. The number of amides is 2. The molecular formula is C24H37N3O5S. The first-order chi connectivity index (χ1) is 15.6. The Morgan fingerprint density at radius 1 is 1.06 bits per heavy atom. The molecule has 2 aliphatic rings. The standard InChI is InChI=1S/C24H37N3O5S/c1-17(2)9-12-25-23(28)20-10-13-26(14-11-20)24(29)21-5-7-22(8-6-21)33(30,31)27-15-18(3)32-19(4)16-27/h5-8,17-20H,9-16H2,1-4H3,(H,25,28)/t18-,19-/m0/s1. The van der Waals surface area contributed by atoms with Crippen molar-refractivity contribution in [2.24, 2.45) is 11.8 Å². The zero-order valence-electron chi connectivity index (χ0n) is 20.1. The first-order valence-corrected chi connectivity index (χ1v) is 13.3. The molecule has 2 heterocycles. The van der Waals surface area contributed by atoms with E-state index in [1.54, 1.807) is 17.0 Å². The van der Waals surface area contributed by atoms with Gasteiger partial charge in [0.1, 0.15) is 0 Å². The van der Waals surface area contributed by atoms with Crippen molar-refractivity contribution in [2.75, 3.05) is 32.7 Å². The summed E-state index contributed by atoms with van der Waals surface area (Å²) in [5.74, 6) is 0.425. The van der Waals surface area contributed by atoms with Crippen LogP contribution < -0.4 is 5.32 Å². The summed E-state index contributed by atoms with van der Waals surface area (Å²) in [5, 5.41) is 3.00. The predicted molar refractivity (Wildman–Crippen MR) is 126 cm³/mol. The molecule has 0 spiro atoms. The summed E-state index contributed by atoms with van der Waals surface area (Å²) in [7, 11) is -3.64. The lowest BCUT2D eigenvalue weighted by Crippen LogP contribution is -2.48. The van der Waals surface area contributed by atoms with Crippen LogP contribution in [0.5, 0.6) is 0 Å². The van der Waals surface area contributed by atoms with Crippen molar-refractivity contribution in [3.63, 3.8) is 0 Å². The summed E-state index contributed by atoms with van der Waals surface area (Å²) in [4.78, 5) is 27.2. The van der Waals surface area contributed by atoms with Gasteiger partial charge in [0, 0.05) is 44.2 Å². The highest BCUT2D eigenvalue weighted by Crippen LogP contribution is 2.23. The molecule has 0 radical (unpaired) electrons. The first-order valence-electron chi connectivity index (χ1n) is 11.9. The zero-order chi connectivity index (χ0) is 24.2. The summed E-state index contributed by atoms with van der Waals surface area (Å²) in [6.07, 6.45) is 1.91. The van der Waals surface area contributed by atoms with Gasteiger partial charge in [-0.15, -0.1) is 0 Å². The Hall–Kier alpha value is -1.97. The maximum atomic E-state index is 13.0. The van der Waals surface area contributed by atoms with E-state index in [1.165, 1.54) is 16.4 Å². The van der Waals surface area contributed by atoms with Crippen LogP contribution in [0.4, 0.5) is 0 Å². The number of likely N-dealkylation sites (tertiary alicyclic amines) is 1. The second-order valence-electron chi connectivity index (χ2n) is 9.64. The van der Waals surface area contributed by atoms with E-state index < -0.39 is 10.0 Å². The summed E-state index contributed by atoms with van der Waals surface area (Å²) >= 11 is 0. The fourth-order valence-corrected chi connectivity index (χ4v) is 5.99. The molecule has 1 aromatic rings. The highest BCUT2D eigenvalue weighted by molar-refractivity contribution is 7.89. The number of nitrogens with one attached hydrogen (secondary N) is 1. The molecule has 0 bridgehead atoms. The van der Waals surface area contributed by atoms with Gasteiger partial charge in [-0.05, 0) is 63.3 Å². The Kier molecular flexibility index (Phi) is 8.53. The molecule has 33 heavy (non-hydrogen) atoms. The van der Waals surface area contributed by atoms with Crippen LogP contribution >= 0.6 is 0 Å². The fourth-order valence-electron chi connectivity index (χ4n) is 4.40. The minimum absolute atomic E-state index is 0.0629. The molecule has 9 heteroatoms. The van der Waals surface area contributed by atoms with E-state index in [1.807, 2.05) is 13.8 Å². The number of carbonyl (C=O) groups is 2. The lowest BCUT2D eigenvalue weighted by atomic mass is 9.95. The summed E-state index contributed by atoms with van der Waals surface area (Å²) in [6, 6.07) is 6.16. The molecule has 8 nitrogen and oxygen atoms in total. The number of rotatable bonds is 7. The van der Waals surface area contributed by atoms with Crippen molar-refractivity contribution in [2.45, 2.75) is 64.1 Å². The maximum absolute atomic E-state index is 13.0. The second-order valence-corrected chi connectivity index (χ2v) is 11.6. The molecule has 1 N–H and O–H groups in total. The molecule has 2 fully saturated rings. The van der Waals surface area contributed by atoms with Gasteiger partial charge in [-0.2, -0.15) is 4.31 Å². The van der Waals surface area contributed by atoms with Gasteiger partial charge >= 0.3 is 0 Å². The normalized spacial score (nSPS) is 23.0. The number of hydrogen-bond donors (Lipinski definition) is 1. The van der Waals surface area contributed by atoms with Gasteiger partial charge in [-0.3, -0.25) is 9.59 Å². The highest BCUT2D eigenvalue weighted by Gasteiger charge is 2.33. The van der Waals surface area contributed by atoms with Gasteiger partial charge in [0.25, 0.3) is 5.91 Å². The van der Waals surface area contributed by atoms with E-state index in [0.717, 1.165) is 6.42 Å². The average Bonchev–Trinajstić information content (AvgIpc) is 2.78. The van der Waals surface area contributed by atoms with Crippen LogP contribution in [-0.2, 0) is 19.6 Å². The average molecular weight is 480 g/mol. The fraction of sp³-hybridized carbons (Fsp3) is 0.667. The van der Waals surface area contributed by atoms with Gasteiger partial charge in [0.15, 0.2) is 0 Å². The van der Waals surface area contributed by atoms with Crippen molar-refractivity contribution >= 4 is 21.8 Å². The van der Waals surface area contributed by atoms with Crippen molar-refractivity contribution in [1.82, 2.24) is 14.5 Å². The Labute approximate surface area is 197 Å². The smallest absolute Gasteiger partial charge is 0.253 e. The van der Waals surface area contributed by atoms with Crippen molar-refractivity contribution in [3.8, 4) is 0 Å². The van der Waals surface area contributed by atoms with Crippen LogP contribution in [0.15, 0.2) is 29.2 Å². The van der Waals surface area contributed by atoms with Gasteiger partial charge < -0.3 is 15.0 Å². The minimum atomic E-state index is -3.64. The molecule has 0 unspecified atom stereocenters. The molecule has 2 aliphatic heterocycles. The third-order valence-corrected chi connectivity index (χ3v) is 8.14. The van der Waals surface area contributed by atoms with E-state index in [0.29, 0.717) is 57.0 Å². The van der Waals surface area contributed by atoms with Gasteiger partial charge in [-0.1, -0.05) is 13.8 Å². The van der Waals surface area contributed by atoms with E-state index in [4.69, 9.17) is 4.74 Å². The predicted octanol–water partition coefficient (Wildman–Crippen LogP) is 2.50. The Morgan fingerprint density at radius 3 is 2.18 bits per heavy atom. The van der Waals surface area contributed by atoms with Gasteiger partial charge in [0.05, 0.1) is 17.1 Å². The van der Waals surface area contributed by atoms with Crippen LogP contribution in [0.25, 0.3) is 0 Å². The SMILES string of the molecule is CC(C)CCNC(=O)C1CCN(C(=O)c2ccc(S(=O)(=O)N3C[C@H](C)O[C@@H](C)C3)cc2)CC1. The molecule has 0 saturated carbocycles. The molecule has 2 atom stereocenters. The van der Waals surface area contributed by atoms with Crippen molar-refractivity contribution < 1.29 is 22.7 Å². The van der Waals surface area contributed by atoms with E-state index >= 15 is 0 Å². The molecule has 2 saturated heterocycles. The van der Waals surface area contributed by atoms with E-state index in [-0.39, 0.29) is 34.8 Å². The van der Waals surface area contributed by atoms with Gasteiger partial charge in [-0.25, -0.2) is 8.42 Å². The van der Waals surface area contributed by atoms with Crippen molar-refractivity contribution in [3.05, 3.63) is 29.8 Å². The summed E-state index contributed by atoms with van der Waals surface area (Å²) < 4.78 is 33.1. The number of nitrogens with zero attached hydrogens (tertiary/aromatic N) is 2. The molecule has 0 aliphatic carbocycles. The zero-order valence-corrected chi connectivity index (χ0v) is 20.9. The van der Waals surface area contributed by atoms with E-state index in [9.17, 15) is 18.0 Å². The maximum Gasteiger partial charge on any atom is 0.253 e. The summed E-state index contributed by atoms with van der Waals surface area (Å²) in [5.41, 5.74) is 0.456. The third kappa shape index (κ3) is 6.55. The lowest BCUT2D eigenvalue weighted by molar-refractivity contribution is -0.126. The van der Waals surface area contributed by atoms with Gasteiger partial charge in [0.2, 0.25) is 15.9 Å². The third-order valence-electron chi connectivity index (χ3n) is 6.30. The molecule has 2 amide bonds. The molecule has 1 aromatic carbocycles. The number of morpholine rings is 1. The first kappa shape index (κ1) is 25.6. The molecule has 0 aromatic heterocycles. The Balaban J connectivity index is 1.56. The van der Waals surface area contributed by atoms with Crippen LogP contribution in [0, 0.1) is 11.8 Å². The largest absolute Gasteiger partial charge is 0.373 e. The summed E-state index contributed by atoms with van der Waals surface area (Å²) in [6.45, 7) is 10.3. The number of sulfonamides is 1. The number of benzene rings is 1.